The van der Waals surface area contributed by atoms with Gasteiger partial charge < -0.3 is 20.5 Å². The molecular formula is C13H18N2O2S. The van der Waals surface area contributed by atoms with E-state index < -0.39 is 0 Å². The molecule has 0 bridgehead atoms. The van der Waals surface area contributed by atoms with Crippen LogP contribution in [0.1, 0.15) is 12.8 Å². The molecule has 1 aromatic rings. The number of fused-ring (bicyclic) bond motifs is 1. The van der Waals surface area contributed by atoms with Gasteiger partial charge in [0.05, 0.1) is 11.4 Å². The van der Waals surface area contributed by atoms with Crippen molar-refractivity contribution in [3.05, 3.63) is 12.1 Å². The lowest BCUT2D eigenvalue weighted by molar-refractivity contribution is 0.172. The normalized spacial score (nSPS) is 21.9. The van der Waals surface area contributed by atoms with Crippen LogP contribution in [0.15, 0.2) is 12.1 Å². The maximum Gasteiger partial charge on any atom is 0.163 e. The maximum atomic E-state index is 6.02. The molecule has 0 aromatic heterocycles. The summed E-state index contributed by atoms with van der Waals surface area (Å²) in [5, 5.41) is 4.13. The fraction of sp³-hybridized carbons (Fsp3) is 0.538. The van der Waals surface area contributed by atoms with Gasteiger partial charge in [-0.25, -0.2) is 0 Å². The van der Waals surface area contributed by atoms with E-state index in [0.717, 1.165) is 29.4 Å². The van der Waals surface area contributed by atoms with Gasteiger partial charge in [-0.15, -0.1) is 0 Å². The van der Waals surface area contributed by atoms with Crippen molar-refractivity contribution >= 4 is 23.1 Å². The fourth-order valence-corrected chi connectivity index (χ4v) is 3.49. The molecule has 1 unspecified atom stereocenters. The molecule has 98 valence electrons. The second-order valence-corrected chi connectivity index (χ2v) is 6.01. The van der Waals surface area contributed by atoms with Crippen LogP contribution < -0.4 is 20.5 Å². The number of nitrogens with two attached hydrogens (primary N) is 1. The molecule has 0 amide bonds. The molecule has 0 aliphatic carbocycles. The van der Waals surface area contributed by atoms with E-state index in [4.69, 9.17) is 15.2 Å². The molecule has 2 aliphatic heterocycles. The van der Waals surface area contributed by atoms with Crippen molar-refractivity contribution < 1.29 is 9.47 Å². The van der Waals surface area contributed by atoms with E-state index in [1.54, 1.807) is 0 Å². The lowest BCUT2D eigenvalue weighted by Gasteiger charge is -2.21. The Bertz CT molecular complexity index is 433. The fourth-order valence-electron chi connectivity index (χ4n) is 2.29. The van der Waals surface area contributed by atoms with Crippen molar-refractivity contribution in [1.29, 1.82) is 0 Å². The van der Waals surface area contributed by atoms with Gasteiger partial charge in [-0.3, -0.25) is 0 Å². The lowest BCUT2D eigenvalue weighted by Crippen LogP contribution is -2.17. The Kier molecular flexibility index (Phi) is 3.41. The van der Waals surface area contributed by atoms with Gasteiger partial charge in [-0.1, -0.05) is 0 Å². The van der Waals surface area contributed by atoms with Crippen LogP contribution >= 0.6 is 11.8 Å². The van der Waals surface area contributed by atoms with Gasteiger partial charge in [-0.05, 0) is 18.6 Å². The van der Waals surface area contributed by atoms with E-state index in [0.29, 0.717) is 18.5 Å². The third kappa shape index (κ3) is 2.46. The predicted molar refractivity (Wildman–Crippen MR) is 75.8 cm³/mol. The largest absolute Gasteiger partial charge is 0.486 e. The van der Waals surface area contributed by atoms with E-state index in [1.165, 1.54) is 18.6 Å². The Balaban J connectivity index is 1.70. The molecule has 1 saturated heterocycles. The first-order valence-corrected chi connectivity index (χ1v) is 7.42. The molecule has 1 atom stereocenters. The van der Waals surface area contributed by atoms with Crippen LogP contribution in [0.3, 0.4) is 0 Å². The SMILES string of the molecule is Nc1cc2c(cc1NCC1CCCS1)OCCO2. The van der Waals surface area contributed by atoms with Gasteiger partial charge in [0.1, 0.15) is 13.2 Å². The summed E-state index contributed by atoms with van der Waals surface area (Å²) in [4.78, 5) is 0. The van der Waals surface area contributed by atoms with Crippen molar-refractivity contribution in [3.63, 3.8) is 0 Å². The van der Waals surface area contributed by atoms with Crippen LogP contribution in [0.2, 0.25) is 0 Å². The average molecular weight is 266 g/mol. The van der Waals surface area contributed by atoms with Crippen LogP contribution in [0, 0.1) is 0 Å². The monoisotopic (exact) mass is 266 g/mol. The van der Waals surface area contributed by atoms with E-state index in [-0.39, 0.29) is 0 Å². The van der Waals surface area contributed by atoms with Gasteiger partial charge in [0.25, 0.3) is 0 Å². The van der Waals surface area contributed by atoms with E-state index in [2.05, 4.69) is 5.32 Å². The summed E-state index contributed by atoms with van der Waals surface area (Å²) in [5.74, 6) is 2.82. The smallest absolute Gasteiger partial charge is 0.163 e. The molecule has 2 heterocycles. The molecule has 0 radical (unpaired) electrons. The van der Waals surface area contributed by atoms with E-state index >= 15 is 0 Å². The zero-order valence-corrected chi connectivity index (χ0v) is 11.1. The standard InChI is InChI=1S/C13H18N2O2S/c14-10-6-12-13(17-4-3-16-12)7-11(10)15-8-9-2-1-5-18-9/h6-7,9,15H,1-5,8,14H2. The second-order valence-electron chi connectivity index (χ2n) is 4.60. The molecule has 1 fully saturated rings. The molecule has 2 aliphatic rings. The summed E-state index contributed by atoms with van der Waals surface area (Å²) in [6, 6.07) is 3.79. The van der Waals surface area contributed by atoms with Gasteiger partial charge in [-0.2, -0.15) is 11.8 Å². The van der Waals surface area contributed by atoms with Crippen molar-refractivity contribution in [3.8, 4) is 11.5 Å². The number of rotatable bonds is 3. The number of nitrogens with one attached hydrogen (secondary N) is 1. The quantitative estimate of drug-likeness (QED) is 0.822. The molecular weight excluding hydrogens is 248 g/mol. The molecule has 3 N–H and O–H groups in total. The number of ether oxygens (including phenoxy) is 2. The summed E-state index contributed by atoms with van der Waals surface area (Å²) in [7, 11) is 0. The average Bonchev–Trinajstić information content (AvgIpc) is 2.89. The minimum atomic E-state index is 0.595. The summed E-state index contributed by atoms with van der Waals surface area (Å²) < 4.78 is 11.1. The van der Waals surface area contributed by atoms with Crippen LogP contribution in [-0.4, -0.2) is 30.8 Å². The summed E-state index contributed by atoms with van der Waals surface area (Å²) in [5.41, 5.74) is 7.70. The van der Waals surface area contributed by atoms with Gasteiger partial charge >= 0.3 is 0 Å². The third-order valence-electron chi connectivity index (χ3n) is 3.26. The summed E-state index contributed by atoms with van der Waals surface area (Å²) in [6.45, 7) is 2.17. The van der Waals surface area contributed by atoms with Gasteiger partial charge in [0, 0.05) is 23.9 Å². The number of hydrogen-bond acceptors (Lipinski definition) is 5. The Morgan fingerprint density at radius 2 is 2.06 bits per heavy atom. The predicted octanol–water partition coefficient (Wildman–Crippen LogP) is 2.35. The number of nitrogen functional groups attached to an aromatic ring is 1. The Morgan fingerprint density at radius 1 is 1.28 bits per heavy atom. The first-order valence-electron chi connectivity index (χ1n) is 6.37. The molecule has 0 spiro atoms. The first-order chi connectivity index (χ1) is 8.83. The van der Waals surface area contributed by atoms with Crippen molar-refractivity contribution in [2.75, 3.05) is 36.6 Å². The van der Waals surface area contributed by atoms with Gasteiger partial charge in [0.2, 0.25) is 0 Å². The molecule has 5 heteroatoms. The highest BCUT2D eigenvalue weighted by atomic mass is 32.2. The number of hydrogen-bond donors (Lipinski definition) is 2. The van der Waals surface area contributed by atoms with E-state index in [1.807, 2.05) is 23.9 Å². The van der Waals surface area contributed by atoms with Crippen molar-refractivity contribution in [2.24, 2.45) is 0 Å². The highest BCUT2D eigenvalue weighted by Crippen LogP contribution is 2.37. The Hall–Kier alpha value is -1.23. The number of benzene rings is 1. The molecule has 0 saturated carbocycles. The van der Waals surface area contributed by atoms with Crippen molar-refractivity contribution in [2.45, 2.75) is 18.1 Å². The first kappa shape index (κ1) is 11.8. The van der Waals surface area contributed by atoms with Crippen LogP contribution in [0.5, 0.6) is 11.5 Å². The minimum Gasteiger partial charge on any atom is -0.486 e. The van der Waals surface area contributed by atoms with Crippen LogP contribution in [0.25, 0.3) is 0 Å². The number of thioether (sulfide) groups is 1. The highest BCUT2D eigenvalue weighted by Gasteiger charge is 2.17. The molecule has 3 rings (SSSR count). The summed E-state index contributed by atoms with van der Waals surface area (Å²) in [6.07, 6.45) is 2.62. The molecule has 1 aromatic carbocycles. The third-order valence-corrected chi connectivity index (χ3v) is 4.66. The lowest BCUT2D eigenvalue weighted by atomic mass is 10.2. The van der Waals surface area contributed by atoms with Crippen LogP contribution in [0.4, 0.5) is 11.4 Å². The van der Waals surface area contributed by atoms with Crippen LogP contribution in [-0.2, 0) is 0 Å². The summed E-state index contributed by atoms with van der Waals surface area (Å²) >= 11 is 2.04. The highest BCUT2D eigenvalue weighted by molar-refractivity contribution is 8.00. The van der Waals surface area contributed by atoms with E-state index in [9.17, 15) is 0 Å². The zero-order valence-electron chi connectivity index (χ0n) is 10.3. The topological polar surface area (TPSA) is 56.5 Å². The van der Waals surface area contributed by atoms with Gasteiger partial charge in [0.15, 0.2) is 11.5 Å². The Labute approximate surface area is 111 Å². The molecule has 4 nitrogen and oxygen atoms in total. The Morgan fingerprint density at radius 3 is 2.78 bits per heavy atom. The van der Waals surface area contributed by atoms with Crippen molar-refractivity contribution in [1.82, 2.24) is 0 Å². The number of anilines is 2. The minimum absolute atomic E-state index is 0.595. The maximum absolute atomic E-state index is 6.02. The molecule has 18 heavy (non-hydrogen) atoms. The second kappa shape index (κ2) is 5.18. The zero-order chi connectivity index (χ0) is 12.4.